The third-order valence-electron chi connectivity index (χ3n) is 3.69. The molecular weight excluding hydrogens is 292 g/mol. The molecule has 3 nitrogen and oxygen atoms in total. The first-order valence-electron chi connectivity index (χ1n) is 7.55. The third-order valence-corrected chi connectivity index (χ3v) is 6.39. The van der Waals surface area contributed by atoms with Crippen molar-refractivity contribution < 1.29 is 13.3 Å². The molecule has 0 saturated heterocycles. The van der Waals surface area contributed by atoms with Crippen molar-refractivity contribution in [3.8, 4) is 0 Å². The molecule has 0 heterocycles. The van der Waals surface area contributed by atoms with E-state index < -0.39 is 8.80 Å². The van der Waals surface area contributed by atoms with Crippen molar-refractivity contribution in [2.45, 2.75) is 19.8 Å². The molecule has 4 heteroatoms. The maximum atomic E-state index is 6.05. The standard InChI is InChI=1S/C18H24O3Si/c1-16-11-13-17(14-12-16)8-7-15-21-22(19-2,20-3)18-9-5-4-6-10-18/h4-6,9-14H,7-8,15H2,1-3H3. The highest BCUT2D eigenvalue weighted by molar-refractivity contribution is 6.75. The Morgan fingerprint density at radius 2 is 1.50 bits per heavy atom. The summed E-state index contributed by atoms with van der Waals surface area (Å²) in [5.74, 6) is 0. The zero-order valence-electron chi connectivity index (χ0n) is 13.5. The van der Waals surface area contributed by atoms with Gasteiger partial charge in [0.1, 0.15) is 0 Å². The molecule has 118 valence electrons. The highest BCUT2D eigenvalue weighted by atomic mass is 28.4. The van der Waals surface area contributed by atoms with E-state index in [9.17, 15) is 0 Å². The van der Waals surface area contributed by atoms with Gasteiger partial charge in [-0.15, -0.1) is 0 Å². The molecule has 2 aromatic carbocycles. The molecule has 0 radical (unpaired) electrons. The fraction of sp³-hybridized carbons (Fsp3) is 0.333. The minimum Gasteiger partial charge on any atom is -0.373 e. The summed E-state index contributed by atoms with van der Waals surface area (Å²) in [6.45, 7) is 2.72. The van der Waals surface area contributed by atoms with Gasteiger partial charge >= 0.3 is 8.80 Å². The van der Waals surface area contributed by atoms with E-state index in [0.717, 1.165) is 18.0 Å². The van der Waals surface area contributed by atoms with Gasteiger partial charge in [-0.3, -0.25) is 0 Å². The zero-order chi connectivity index (χ0) is 15.8. The SMILES string of the molecule is CO[Si](OC)(OCCCc1ccc(C)cc1)c1ccccc1. The van der Waals surface area contributed by atoms with Crippen molar-refractivity contribution in [2.75, 3.05) is 20.8 Å². The summed E-state index contributed by atoms with van der Waals surface area (Å²) in [5, 5.41) is 0.996. The number of rotatable bonds is 8. The van der Waals surface area contributed by atoms with E-state index >= 15 is 0 Å². The first-order valence-corrected chi connectivity index (χ1v) is 9.28. The second-order valence-corrected chi connectivity index (χ2v) is 8.06. The van der Waals surface area contributed by atoms with E-state index in [0.29, 0.717) is 6.61 Å². The Bertz CT molecular complexity index is 550. The molecule has 0 amide bonds. The maximum Gasteiger partial charge on any atom is 0.536 e. The van der Waals surface area contributed by atoms with Gasteiger partial charge in [-0.05, 0) is 25.3 Å². The molecule has 0 aliphatic rings. The van der Waals surface area contributed by atoms with Crippen LogP contribution in [0.4, 0.5) is 0 Å². The lowest BCUT2D eigenvalue weighted by molar-refractivity contribution is 0.112. The normalized spacial score (nSPS) is 11.6. The highest BCUT2D eigenvalue weighted by Crippen LogP contribution is 2.11. The summed E-state index contributed by atoms with van der Waals surface area (Å²) in [5.41, 5.74) is 2.62. The molecule has 0 saturated carbocycles. The van der Waals surface area contributed by atoms with E-state index in [1.165, 1.54) is 11.1 Å². The van der Waals surface area contributed by atoms with Crippen LogP contribution in [0.5, 0.6) is 0 Å². The Labute approximate surface area is 134 Å². The van der Waals surface area contributed by atoms with Crippen LogP contribution in [0, 0.1) is 6.92 Å². The van der Waals surface area contributed by atoms with Crippen molar-refractivity contribution in [2.24, 2.45) is 0 Å². The van der Waals surface area contributed by atoms with Gasteiger partial charge in [-0.25, -0.2) is 0 Å². The number of hydrogen-bond acceptors (Lipinski definition) is 3. The lowest BCUT2D eigenvalue weighted by Gasteiger charge is -2.26. The van der Waals surface area contributed by atoms with Crippen molar-refractivity contribution >= 4 is 14.0 Å². The van der Waals surface area contributed by atoms with E-state index in [1.807, 2.05) is 30.3 Å². The molecule has 0 fully saturated rings. The van der Waals surface area contributed by atoms with Gasteiger partial charge in [0.15, 0.2) is 0 Å². The van der Waals surface area contributed by atoms with Crippen LogP contribution in [0.25, 0.3) is 0 Å². The van der Waals surface area contributed by atoms with Crippen LogP contribution in [-0.2, 0) is 19.7 Å². The van der Waals surface area contributed by atoms with Crippen molar-refractivity contribution in [3.63, 3.8) is 0 Å². The molecule has 0 unspecified atom stereocenters. The molecule has 2 aromatic rings. The molecule has 0 N–H and O–H groups in total. The Kier molecular flexibility index (Phi) is 6.33. The van der Waals surface area contributed by atoms with Gasteiger partial charge in [-0.1, -0.05) is 60.2 Å². The van der Waals surface area contributed by atoms with Gasteiger partial charge in [0, 0.05) is 26.0 Å². The van der Waals surface area contributed by atoms with Crippen LogP contribution in [0.1, 0.15) is 17.5 Å². The Morgan fingerprint density at radius 3 is 2.09 bits per heavy atom. The van der Waals surface area contributed by atoms with Crippen molar-refractivity contribution in [1.29, 1.82) is 0 Å². The van der Waals surface area contributed by atoms with Crippen LogP contribution in [0.15, 0.2) is 54.6 Å². The van der Waals surface area contributed by atoms with E-state index in [2.05, 4.69) is 31.2 Å². The van der Waals surface area contributed by atoms with Crippen molar-refractivity contribution in [3.05, 3.63) is 65.7 Å². The minimum absolute atomic E-state index is 0.622. The van der Waals surface area contributed by atoms with Gasteiger partial charge in [0.25, 0.3) is 0 Å². The van der Waals surface area contributed by atoms with E-state index in [-0.39, 0.29) is 0 Å². The molecule has 0 atom stereocenters. The van der Waals surface area contributed by atoms with Crippen LogP contribution < -0.4 is 5.19 Å². The van der Waals surface area contributed by atoms with E-state index in [4.69, 9.17) is 13.3 Å². The monoisotopic (exact) mass is 316 g/mol. The lowest BCUT2D eigenvalue weighted by atomic mass is 10.1. The summed E-state index contributed by atoms with van der Waals surface area (Å²) < 4.78 is 17.3. The Morgan fingerprint density at radius 1 is 0.864 bits per heavy atom. The Hall–Kier alpha value is -1.46. The van der Waals surface area contributed by atoms with Crippen LogP contribution in [0.2, 0.25) is 0 Å². The fourth-order valence-corrected chi connectivity index (χ4v) is 4.45. The quantitative estimate of drug-likeness (QED) is 0.553. The van der Waals surface area contributed by atoms with Crippen LogP contribution >= 0.6 is 0 Å². The van der Waals surface area contributed by atoms with Gasteiger partial charge in [-0.2, -0.15) is 0 Å². The van der Waals surface area contributed by atoms with Gasteiger partial charge in [0.05, 0.1) is 0 Å². The third kappa shape index (κ3) is 4.27. The summed E-state index contributed by atoms with van der Waals surface area (Å²) in [6.07, 6.45) is 1.93. The smallest absolute Gasteiger partial charge is 0.373 e. The largest absolute Gasteiger partial charge is 0.536 e. The summed E-state index contributed by atoms with van der Waals surface area (Å²) in [6, 6.07) is 18.6. The predicted molar refractivity (Wildman–Crippen MR) is 91.3 cm³/mol. The first kappa shape index (κ1) is 16.9. The molecule has 0 bridgehead atoms. The molecule has 22 heavy (non-hydrogen) atoms. The lowest BCUT2D eigenvalue weighted by Crippen LogP contribution is -2.55. The minimum atomic E-state index is -2.77. The van der Waals surface area contributed by atoms with Gasteiger partial charge < -0.3 is 13.3 Å². The Balaban J connectivity index is 1.91. The summed E-state index contributed by atoms with van der Waals surface area (Å²) in [7, 11) is 0.544. The van der Waals surface area contributed by atoms with E-state index in [1.54, 1.807) is 14.2 Å². The summed E-state index contributed by atoms with van der Waals surface area (Å²) >= 11 is 0. The second kappa shape index (κ2) is 8.24. The van der Waals surface area contributed by atoms with Crippen LogP contribution in [-0.4, -0.2) is 29.6 Å². The highest BCUT2D eigenvalue weighted by Gasteiger charge is 2.41. The average Bonchev–Trinajstić information content (AvgIpc) is 2.58. The number of hydrogen-bond donors (Lipinski definition) is 0. The molecular formula is C18H24O3Si. The van der Waals surface area contributed by atoms with Crippen LogP contribution in [0.3, 0.4) is 0 Å². The van der Waals surface area contributed by atoms with Crippen molar-refractivity contribution in [1.82, 2.24) is 0 Å². The predicted octanol–water partition coefficient (Wildman–Crippen LogP) is 3.08. The number of benzene rings is 2. The fourth-order valence-electron chi connectivity index (χ4n) is 2.40. The van der Waals surface area contributed by atoms with Gasteiger partial charge in [0.2, 0.25) is 0 Å². The molecule has 0 aromatic heterocycles. The first-order chi connectivity index (χ1) is 10.7. The molecule has 0 aliphatic carbocycles. The zero-order valence-corrected chi connectivity index (χ0v) is 14.5. The molecule has 2 rings (SSSR count). The second-order valence-electron chi connectivity index (χ2n) is 5.27. The summed E-state index contributed by atoms with van der Waals surface area (Å²) in [4.78, 5) is 0. The molecule has 0 aliphatic heterocycles. The topological polar surface area (TPSA) is 27.7 Å². The number of aryl methyl sites for hydroxylation is 2. The average molecular weight is 316 g/mol. The molecule has 0 spiro atoms. The maximum absolute atomic E-state index is 6.05.